The van der Waals surface area contributed by atoms with Crippen LogP contribution in [0.15, 0.2) is 57.7 Å². The number of H-pyrrole nitrogens is 1. The van der Waals surface area contributed by atoms with Crippen LogP contribution < -0.4 is 5.32 Å². The quantitative estimate of drug-likeness (QED) is 0.330. The van der Waals surface area contributed by atoms with Gasteiger partial charge in [0.25, 0.3) is 0 Å². The molecular formula is C20H17Br2N9. The van der Waals surface area contributed by atoms with Crippen LogP contribution in [0.2, 0.25) is 0 Å². The molecule has 5 rings (SSSR count). The standard InChI is InChI=1S/C20H17Br2N9/c1-2-13-9-18(31-17(25-13)7-8-24-31)23-11-12-3-5-14(6-4-12)30-16(22)10-15(21)19(30)20-26-28-29-27-20/h3-10,23H,2,11H2,1H3,(H,26,27,28,29). The second-order valence-electron chi connectivity index (χ2n) is 6.86. The predicted molar refractivity (Wildman–Crippen MR) is 124 cm³/mol. The molecule has 2 N–H and O–H groups in total. The van der Waals surface area contributed by atoms with Crippen LogP contribution in [-0.4, -0.2) is 39.8 Å². The van der Waals surface area contributed by atoms with Crippen LogP contribution in [0.4, 0.5) is 5.82 Å². The Bertz CT molecular complexity index is 1340. The lowest BCUT2D eigenvalue weighted by Gasteiger charge is -2.12. The van der Waals surface area contributed by atoms with Gasteiger partial charge >= 0.3 is 0 Å². The van der Waals surface area contributed by atoms with Crippen molar-refractivity contribution in [3.63, 3.8) is 0 Å². The highest BCUT2D eigenvalue weighted by Gasteiger charge is 2.18. The summed E-state index contributed by atoms with van der Waals surface area (Å²) in [7, 11) is 0. The minimum Gasteiger partial charge on any atom is -0.366 e. The van der Waals surface area contributed by atoms with E-state index in [1.165, 1.54) is 0 Å². The van der Waals surface area contributed by atoms with E-state index in [0.29, 0.717) is 12.4 Å². The maximum absolute atomic E-state index is 4.59. The molecule has 0 aliphatic carbocycles. The fourth-order valence-electron chi connectivity index (χ4n) is 3.41. The van der Waals surface area contributed by atoms with Crippen molar-refractivity contribution >= 4 is 43.3 Å². The summed E-state index contributed by atoms with van der Waals surface area (Å²) in [4.78, 5) is 4.59. The zero-order valence-electron chi connectivity index (χ0n) is 16.4. The summed E-state index contributed by atoms with van der Waals surface area (Å²) in [6.45, 7) is 2.76. The number of halogens is 2. The summed E-state index contributed by atoms with van der Waals surface area (Å²) in [5, 5.41) is 22.1. The van der Waals surface area contributed by atoms with E-state index in [9.17, 15) is 0 Å². The van der Waals surface area contributed by atoms with Crippen LogP contribution in [0, 0.1) is 0 Å². The molecule has 0 aliphatic heterocycles. The Morgan fingerprint density at radius 2 is 1.94 bits per heavy atom. The number of fused-ring (bicyclic) bond motifs is 1. The highest BCUT2D eigenvalue weighted by Crippen LogP contribution is 2.35. The fourth-order valence-corrected chi connectivity index (χ4v) is 4.91. The lowest BCUT2D eigenvalue weighted by molar-refractivity contribution is 0.881. The highest BCUT2D eigenvalue weighted by atomic mass is 79.9. The van der Waals surface area contributed by atoms with Crippen LogP contribution >= 0.6 is 31.9 Å². The third kappa shape index (κ3) is 3.74. The van der Waals surface area contributed by atoms with E-state index in [2.05, 4.69) is 99.1 Å². The molecule has 156 valence electrons. The van der Waals surface area contributed by atoms with Gasteiger partial charge < -0.3 is 5.32 Å². The average molecular weight is 543 g/mol. The predicted octanol–water partition coefficient (Wildman–Crippen LogP) is 4.40. The molecule has 0 atom stereocenters. The summed E-state index contributed by atoms with van der Waals surface area (Å²) in [6, 6.07) is 14.2. The molecule has 0 spiro atoms. The van der Waals surface area contributed by atoms with Crippen molar-refractivity contribution in [2.75, 3.05) is 5.32 Å². The van der Waals surface area contributed by atoms with Crippen LogP contribution in [0.3, 0.4) is 0 Å². The van der Waals surface area contributed by atoms with Crippen LogP contribution in [0.5, 0.6) is 0 Å². The molecule has 0 amide bonds. The third-order valence-electron chi connectivity index (χ3n) is 4.92. The molecule has 0 saturated heterocycles. The summed E-state index contributed by atoms with van der Waals surface area (Å²) in [6.07, 6.45) is 2.63. The van der Waals surface area contributed by atoms with E-state index in [-0.39, 0.29) is 0 Å². The number of benzene rings is 1. The zero-order valence-corrected chi connectivity index (χ0v) is 19.6. The minimum atomic E-state index is 0.580. The monoisotopic (exact) mass is 541 g/mol. The Labute approximate surface area is 194 Å². The summed E-state index contributed by atoms with van der Waals surface area (Å²) < 4.78 is 5.63. The number of hydrogen-bond acceptors (Lipinski definition) is 6. The maximum atomic E-state index is 4.59. The minimum absolute atomic E-state index is 0.580. The van der Waals surface area contributed by atoms with Crippen molar-refractivity contribution in [2.24, 2.45) is 0 Å². The van der Waals surface area contributed by atoms with Crippen molar-refractivity contribution in [3.8, 4) is 17.2 Å². The maximum Gasteiger partial charge on any atom is 0.197 e. The number of nitrogens with zero attached hydrogens (tertiary/aromatic N) is 7. The Kier molecular flexibility index (Phi) is 5.28. The van der Waals surface area contributed by atoms with Crippen LogP contribution in [0.1, 0.15) is 18.2 Å². The summed E-state index contributed by atoms with van der Waals surface area (Å²) in [5.74, 6) is 1.50. The molecule has 0 saturated carbocycles. The molecule has 11 heteroatoms. The molecular weight excluding hydrogens is 526 g/mol. The van der Waals surface area contributed by atoms with Crippen molar-refractivity contribution in [2.45, 2.75) is 19.9 Å². The number of nitrogens with one attached hydrogen (secondary N) is 2. The second kappa shape index (κ2) is 8.23. The first-order valence-electron chi connectivity index (χ1n) is 9.61. The van der Waals surface area contributed by atoms with Crippen molar-refractivity contribution in [3.05, 3.63) is 69.0 Å². The Morgan fingerprint density at radius 1 is 1.10 bits per heavy atom. The van der Waals surface area contributed by atoms with Gasteiger partial charge in [0.1, 0.15) is 11.5 Å². The van der Waals surface area contributed by atoms with Gasteiger partial charge in [-0.1, -0.05) is 19.1 Å². The molecule has 0 bridgehead atoms. The van der Waals surface area contributed by atoms with E-state index < -0.39 is 0 Å². The number of tetrazole rings is 1. The Balaban J connectivity index is 1.41. The van der Waals surface area contributed by atoms with Crippen LogP contribution in [0.25, 0.3) is 22.9 Å². The smallest absolute Gasteiger partial charge is 0.197 e. The van der Waals surface area contributed by atoms with Gasteiger partial charge in [0.15, 0.2) is 11.5 Å². The van der Waals surface area contributed by atoms with E-state index in [1.807, 2.05) is 27.3 Å². The van der Waals surface area contributed by atoms with Gasteiger partial charge in [-0.2, -0.15) is 9.61 Å². The SMILES string of the molecule is CCc1cc(NCc2ccc(-n3c(Br)cc(Br)c3-c3nnn[nH]3)cc2)n2nccc2n1. The van der Waals surface area contributed by atoms with Gasteiger partial charge in [-0.15, -0.1) is 5.10 Å². The van der Waals surface area contributed by atoms with Gasteiger partial charge in [-0.05, 0) is 72.5 Å². The number of hydrogen-bond donors (Lipinski definition) is 2. The van der Waals surface area contributed by atoms with Gasteiger partial charge in [-0.3, -0.25) is 4.57 Å². The molecule has 5 aromatic rings. The molecule has 0 fully saturated rings. The number of aromatic amines is 1. The number of aromatic nitrogens is 8. The third-order valence-corrected chi connectivity index (χ3v) is 6.11. The molecule has 0 aliphatic rings. The molecule has 31 heavy (non-hydrogen) atoms. The molecule has 0 radical (unpaired) electrons. The molecule has 4 aromatic heterocycles. The van der Waals surface area contributed by atoms with Gasteiger partial charge in [0, 0.05) is 34.5 Å². The van der Waals surface area contributed by atoms with Gasteiger partial charge in [-0.25, -0.2) is 10.1 Å². The highest BCUT2D eigenvalue weighted by molar-refractivity contribution is 9.11. The topological polar surface area (TPSA) is 102 Å². The molecule has 1 aromatic carbocycles. The van der Waals surface area contributed by atoms with E-state index in [0.717, 1.165) is 49.6 Å². The first kappa shape index (κ1) is 19.9. The molecule has 4 heterocycles. The average Bonchev–Trinajstić information content (AvgIpc) is 3.52. The first-order chi connectivity index (χ1) is 15.1. The van der Waals surface area contributed by atoms with E-state index >= 15 is 0 Å². The number of anilines is 1. The van der Waals surface area contributed by atoms with Gasteiger partial charge in [0.2, 0.25) is 0 Å². The summed E-state index contributed by atoms with van der Waals surface area (Å²) >= 11 is 7.22. The summed E-state index contributed by atoms with van der Waals surface area (Å²) in [5.41, 5.74) is 4.84. The number of rotatable bonds is 6. The zero-order chi connectivity index (χ0) is 21.4. The Morgan fingerprint density at radius 3 is 2.68 bits per heavy atom. The Hall–Kier alpha value is -3.05. The second-order valence-corrected chi connectivity index (χ2v) is 8.52. The lowest BCUT2D eigenvalue weighted by atomic mass is 10.2. The van der Waals surface area contributed by atoms with Crippen molar-refractivity contribution < 1.29 is 0 Å². The van der Waals surface area contributed by atoms with E-state index in [4.69, 9.17) is 0 Å². The number of aryl methyl sites for hydroxylation is 1. The normalized spacial score (nSPS) is 11.3. The van der Waals surface area contributed by atoms with Crippen LogP contribution in [-0.2, 0) is 13.0 Å². The lowest BCUT2D eigenvalue weighted by Crippen LogP contribution is -2.07. The van der Waals surface area contributed by atoms with Crippen molar-refractivity contribution in [1.29, 1.82) is 0 Å². The molecule has 9 nitrogen and oxygen atoms in total. The fraction of sp³-hybridized carbons (Fsp3) is 0.150. The first-order valence-corrected chi connectivity index (χ1v) is 11.2. The molecule has 0 unspecified atom stereocenters. The van der Waals surface area contributed by atoms with Gasteiger partial charge in [0.05, 0.1) is 10.8 Å². The van der Waals surface area contributed by atoms with Crippen molar-refractivity contribution in [1.82, 2.24) is 39.8 Å². The largest absolute Gasteiger partial charge is 0.366 e. The van der Waals surface area contributed by atoms with E-state index in [1.54, 1.807) is 6.20 Å².